The van der Waals surface area contributed by atoms with Gasteiger partial charge in [-0.1, -0.05) is 20.8 Å². The van der Waals surface area contributed by atoms with Gasteiger partial charge in [0.25, 0.3) is 0 Å². The lowest BCUT2D eigenvalue weighted by Crippen LogP contribution is -2.09. The Kier molecular flexibility index (Phi) is 5.12. The quantitative estimate of drug-likeness (QED) is 0.346. The first kappa shape index (κ1) is 19.8. The summed E-state index contributed by atoms with van der Waals surface area (Å²) >= 11 is 1.57. The van der Waals surface area contributed by atoms with Gasteiger partial charge in [0, 0.05) is 39.4 Å². The zero-order valence-electron chi connectivity index (χ0n) is 15.6. The maximum Gasteiger partial charge on any atom is 0.224 e. The van der Waals surface area contributed by atoms with Gasteiger partial charge < -0.3 is 16.9 Å². The fourth-order valence-electron chi connectivity index (χ4n) is 2.72. The Bertz CT molecular complexity index is 1100. The third-order valence-electron chi connectivity index (χ3n) is 3.91. The van der Waals surface area contributed by atoms with Crippen LogP contribution in [0.25, 0.3) is 22.5 Å². The van der Waals surface area contributed by atoms with Crippen molar-refractivity contribution in [3.05, 3.63) is 48.1 Å². The van der Waals surface area contributed by atoms with Crippen molar-refractivity contribution in [3.8, 4) is 11.3 Å². The maximum absolute atomic E-state index is 14.4. The molecule has 0 aliphatic heterocycles. The van der Waals surface area contributed by atoms with E-state index in [2.05, 4.69) is 30.7 Å². The summed E-state index contributed by atoms with van der Waals surface area (Å²) in [6, 6.07) is 2.77. The van der Waals surface area contributed by atoms with Crippen LogP contribution in [0.2, 0.25) is 0 Å². The number of imidazole rings is 1. The Hall–Kier alpha value is -2.94. The van der Waals surface area contributed by atoms with Crippen LogP contribution in [0.1, 0.15) is 26.3 Å². The van der Waals surface area contributed by atoms with Crippen LogP contribution in [-0.4, -0.2) is 25.3 Å². The smallest absolute Gasteiger partial charge is 0.224 e. The molecule has 0 atom stereocenters. The zero-order valence-corrected chi connectivity index (χ0v) is 16.4. The molecule has 3 aromatic heterocycles. The second kappa shape index (κ2) is 7.23. The normalized spacial score (nSPS) is 12.5. The number of hydrogen-bond donors (Lipinski definition) is 3. The van der Waals surface area contributed by atoms with Crippen molar-refractivity contribution < 1.29 is 8.78 Å². The van der Waals surface area contributed by atoms with Gasteiger partial charge in [0.2, 0.25) is 5.95 Å². The average molecular weight is 402 g/mol. The summed E-state index contributed by atoms with van der Waals surface area (Å²) in [6.07, 6.45) is 5.75. The first-order valence-corrected chi connectivity index (χ1v) is 9.21. The van der Waals surface area contributed by atoms with Crippen LogP contribution in [0.4, 0.5) is 14.6 Å². The lowest BCUT2D eigenvalue weighted by Gasteiger charge is -2.20. The fraction of sp³-hybridized carbons (Fsp3) is 0.211. The molecule has 0 bridgehead atoms. The van der Waals surface area contributed by atoms with Crippen molar-refractivity contribution in [2.24, 2.45) is 5.73 Å². The third kappa shape index (κ3) is 3.70. The van der Waals surface area contributed by atoms with E-state index in [-0.39, 0.29) is 10.3 Å². The standard InChI is InChI=1S/C19H20F2N6S/c1-19(2,3)28-15-9-27-14(12-4-13(20)18(24)26-17(12)21)8-25-16(27)5-11(15)10(6-22)7-23/h4-9,22H,23H2,1-3H3,(H2,24,26)/b10-7+,22-6?. The molecule has 0 aromatic carbocycles. The van der Waals surface area contributed by atoms with Crippen molar-refractivity contribution in [2.75, 3.05) is 5.73 Å². The number of nitrogens with zero attached hydrogens (tertiary/aromatic N) is 3. The van der Waals surface area contributed by atoms with Crippen LogP contribution >= 0.6 is 11.8 Å². The number of pyridine rings is 2. The van der Waals surface area contributed by atoms with Crippen LogP contribution in [0.5, 0.6) is 0 Å². The molecule has 5 N–H and O–H groups in total. The lowest BCUT2D eigenvalue weighted by atomic mass is 10.1. The molecule has 0 aliphatic carbocycles. The van der Waals surface area contributed by atoms with E-state index in [1.807, 2.05) is 0 Å². The van der Waals surface area contributed by atoms with E-state index in [0.717, 1.165) is 16.5 Å². The monoisotopic (exact) mass is 402 g/mol. The summed E-state index contributed by atoms with van der Waals surface area (Å²) in [5.74, 6) is -2.17. The van der Waals surface area contributed by atoms with Crippen molar-refractivity contribution >= 4 is 35.0 Å². The van der Waals surface area contributed by atoms with Gasteiger partial charge in [0.15, 0.2) is 11.6 Å². The van der Waals surface area contributed by atoms with Gasteiger partial charge >= 0.3 is 0 Å². The molecule has 0 unspecified atom stereocenters. The van der Waals surface area contributed by atoms with Crippen LogP contribution < -0.4 is 11.5 Å². The van der Waals surface area contributed by atoms with Gasteiger partial charge in [-0.05, 0) is 12.1 Å². The first-order chi connectivity index (χ1) is 13.1. The Morgan fingerprint density at radius 1 is 1.29 bits per heavy atom. The van der Waals surface area contributed by atoms with Crippen LogP contribution in [0, 0.1) is 17.2 Å². The van der Waals surface area contributed by atoms with Crippen LogP contribution in [0.3, 0.4) is 0 Å². The summed E-state index contributed by atoms with van der Waals surface area (Å²) in [6.45, 7) is 6.15. The third-order valence-corrected chi connectivity index (χ3v) is 5.06. The molecular weight excluding hydrogens is 382 g/mol. The summed E-state index contributed by atoms with van der Waals surface area (Å²) in [4.78, 5) is 8.55. The highest BCUT2D eigenvalue weighted by atomic mass is 32.2. The van der Waals surface area contributed by atoms with Crippen molar-refractivity contribution in [2.45, 2.75) is 30.4 Å². The molecule has 28 heavy (non-hydrogen) atoms. The molecule has 0 saturated heterocycles. The highest BCUT2D eigenvalue weighted by Gasteiger charge is 2.20. The van der Waals surface area contributed by atoms with E-state index in [9.17, 15) is 8.78 Å². The number of nitrogens with two attached hydrogens (primary N) is 2. The SMILES string of the molecule is CC(C)(C)Sc1cn2c(-c3cc(F)c(N)nc3F)cnc2cc1/C(C=N)=C/N. The van der Waals surface area contributed by atoms with Gasteiger partial charge in [0.1, 0.15) is 5.65 Å². The number of hydrogen-bond acceptors (Lipinski definition) is 6. The molecule has 0 aliphatic rings. The van der Waals surface area contributed by atoms with Gasteiger partial charge in [-0.2, -0.15) is 9.37 Å². The topological polar surface area (TPSA) is 106 Å². The fourth-order valence-corrected chi connectivity index (χ4v) is 3.82. The zero-order chi connectivity index (χ0) is 20.6. The second-order valence-electron chi connectivity index (χ2n) is 7.10. The van der Waals surface area contributed by atoms with E-state index in [4.69, 9.17) is 16.9 Å². The van der Waals surface area contributed by atoms with Crippen LogP contribution in [-0.2, 0) is 0 Å². The number of anilines is 1. The average Bonchev–Trinajstić information content (AvgIpc) is 3.00. The number of rotatable bonds is 4. The highest BCUT2D eigenvalue weighted by Crippen LogP contribution is 2.38. The largest absolute Gasteiger partial charge is 0.404 e. The van der Waals surface area contributed by atoms with Gasteiger partial charge in [-0.15, -0.1) is 11.8 Å². The van der Waals surface area contributed by atoms with E-state index in [1.54, 1.807) is 28.4 Å². The molecule has 0 saturated carbocycles. The molecule has 3 rings (SSSR count). The Balaban J connectivity index is 2.28. The van der Waals surface area contributed by atoms with Crippen molar-refractivity contribution in [1.82, 2.24) is 14.4 Å². The lowest BCUT2D eigenvalue weighted by molar-refractivity contribution is 0.568. The number of nitrogens with one attached hydrogen (secondary N) is 1. The predicted octanol–water partition coefficient (Wildman–Crippen LogP) is 4.10. The predicted molar refractivity (Wildman–Crippen MR) is 109 cm³/mol. The molecular formula is C19H20F2N6S. The van der Waals surface area contributed by atoms with Gasteiger partial charge in [0.05, 0.1) is 17.5 Å². The van der Waals surface area contributed by atoms with E-state index in [0.29, 0.717) is 16.9 Å². The summed E-state index contributed by atoms with van der Waals surface area (Å²) < 4.78 is 29.8. The summed E-state index contributed by atoms with van der Waals surface area (Å²) in [7, 11) is 0. The van der Waals surface area contributed by atoms with Crippen molar-refractivity contribution in [3.63, 3.8) is 0 Å². The molecule has 6 nitrogen and oxygen atoms in total. The van der Waals surface area contributed by atoms with E-state index >= 15 is 0 Å². The number of fused-ring (bicyclic) bond motifs is 1. The molecule has 0 amide bonds. The van der Waals surface area contributed by atoms with E-state index < -0.39 is 17.6 Å². The number of nitrogen functional groups attached to an aromatic ring is 1. The van der Waals surface area contributed by atoms with Crippen molar-refractivity contribution in [1.29, 1.82) is 5.41 Å². The number of thioether (sulfide) groups is 1. The molecule has 146 valence electrons. The number of halogens is 2. The molecule has 0 radical (unpaired) electrons. The van der Waals surface area contributed by atoms with Gasteiger partial charge in [-0.25, -0.2) is 9.37 Å². The van der Waals surface area contributed by atoms with Crippen LogP contribution in [0.15, 0.2) is 35.6 Å². The molecule has 3 heterocycles. The second-order valence-corrected chi connectivity index (χ2v) is 8.97. The van der Waals surface area contributed by atoms with E-state index in [1.165, 1.54) is 18.6 Å². The number of allylic oxidation sites excluding steroid dienone is 1. The molecule has 9 heteroatoms. The minimum absolute atomic E-state index is 0.0414. The molecule has 0 fully saturated rings. The Morgan fingerprint density at radius 2 is 2.00 bits per heavy atom. The minimum atomic E-state index is -0.878. The highest BCUT2D eigenvalue weighted by molar-refractivity contribution is 8.00. The molecule has 0 spiro atoms. The Labute approximate surface area is 165 Å². The number of aromatic nitrogens is 3. The minimum Gasteiger partial charge on any atom is -0.404 e. The summed E-state index contributed by atoms with van der Waals surface area (Å²) in [5.41, 5.74) is 13.1. The first-order valence-electron chi connectivity index (χ1n) is 8.39. The van der Waals surface area contributed by atoms with Gasteiger partial charge in [-0.3, -0.25) is 4.40 Å². The Morgan fingerprint density at radius 3 is 2.61 bits per heavy atom. The molecule has 3 aromatic rings. The summed E-state index contributed by atoms with van der Waals surface area (Å²) in [5, 5.41) is 7.62. The maximum atomic E-state index is 14.4.